The van der Waals surface area contributed by atoms with E-state index in [1.165, 1.54) is 0 Å². The molecule has 5 nitrogen and oxygen atoms in total. The van der Waals surface area contributed by atoms with Crippen LogP contribution in [0.4, 0.5) is 0 Å². The van der Waals surface area contributed by atoms with Crippen molar-refractivity contribution in [3.05, 3.63) is 35.4 Å². The van der Waals surface area contributed by atoms with Gasteiger partial charge in [-0.2, -0.15) is 0 Å². The van der Waals surface area contributed by atoms with Gasteiger partial charge in [0.2, 0.25) is 0 Å². The molecule has 0 amide bonds. The molecule has 1 aromatic rings. The quantitative estimate of drug-likeness (QED) is 0.798. The van der Waals surface area contributed by atoms with Crippen LogP contribution in [0, 0.1) is 0 Å². The summed E-state index contributed by atoms with van der Waals surface area (Å²) < 4.78 is 5.24. The van der Waals surface area contributed by atoms with Crippen molar-refractivity contribution in [2.45, 2.75) is 45.3 Å². The Balaban J connectivity index is 2.69. The Hall–Kier alpha value is -1.88. The third kappa shape index (κ3) is 5.84. The van der Waals surface area contributed by atoms with Gasteiger partial charge in [-0.1, -0.05) is 24.3 Å². The fourth-order valence-corrected chi connectivity index (χ4v) is 1.75. The van der Waals surface area contributed by atoms with Gasteiger partial charge >= 0.3 is 11.9 Å². The number of hydrogen-bond acceptors (Lipinski definition) is 4. The first-order valence-corrected chi connectivity index (χ1v) is 6.45. The van der Waals surface area contributed by atoms with E-state index in [9.17, 15) is 9.59 Å². The van der Waals surface area contributed by atoms with Gasteiger partial charge < -0.3 is 15.6 Å². The first kappa shape index (κ1) is 16.2. The summed E-state index contributed by atoms with van der Waals surface area (Å²) in [5.41, 5.74) is 6.56. The topological polar surface area (TPSA) is 89.6 Å². The van der Waals surface area contributed by atoms with Crippen molar-refractivity contribution in [2.75, 3.05) is 0 Å². The molecule has 0 spiro atoms. The Bertz CT molecular complexity index is 491. The second kappa shape index (κ2) is 6.52. The standard InChI is InChI=1S/C15H21NO4/c1-15(2,3)20-13(17)9-11-6-4-5-10(7-11)8-12(16)14(18)19/h4-7,12H,8-9,16H2,1-3H3,(H,18,19)/t12-/m0/s1. The van der Waals surface area contributed by atoms with E-state index < -0.39 is 17.6 Å². The van der Waals surface area contributed by atoms with E-state index in [2.05, 4.69) is 0 Å². The zero-order chi connectivity index (χ0) is 15.3. The molecule has 0 fully saturated rings. The number of ether oxygens (including phenoxy) is 1. The van der Waals surface area contributed by atoms with Crippen LogP contribution in [0.3, 0.4) is 0 Å². The van der Waals surface area contributed by atoms with Crippen LogP contribution in [0.2, 0.25) is 0 Å². The van der Waals surface area contributed by atoms with Crippen LogP contribution in [-0.4, -0.2) is 28.7 Å². The average Bonchev–Trinajstić information content (AvgIpc) is 2.26. The third-order valence-electron chi connectivity index (χ3n) is 2.53. The largest absolute Gasteiger partial charge is 0.480 e. The van der Waals surface area contributed by atoms with Gasteiger partial charge in [-0.05, 0) is 38.3 Å². The SMILES string of the molecule is CC(C)(C)OC(=O)Cc1cccc(C[C@H](N)C(=O)O)c1. The maximum Gasteiger partial charge on any atom is 0.320 e. The zero-order valence-electron chi connectivity index (χ0n) is 12.1. The minimum Gasteiger partial charge on any atom is -0.480 e. The summed E-state index contributed by atoms with van der Waals surface area (Å²) in [4.78, 5) is 22.5. The maximum absolute atomic E-state index is 11.7. The number of carbonyl (C=O) groups excluding carboxylic acids is 1. The summed E-state index contributed by atoms with van der Waals surface area (Å²) in [5.74, 6) is -1.35. The number of nitrogens with two attached hydrogens (primary N) is 1. The normalized spacial score (nSPS) is 12.8. The van der Waals surface area contributed by atoms with Crippen LogP contribution < -0.4 is 5.73 Å². The van der Waals surface area contributed by atoms with E-state index in [0.29, 0.717) is 0 Å². The van der Waals surface area contributed by atoms with E-state index in [-0.39, 0.29) is 18.8 Å². The van der Waals surface area contributed by atoms with Crippen molar-refractivity contribution < 1.29 is 19.4 Å². The second-order valence-electron chi connectivity index (χ2n) is 5.73. The molecule has 5 heteroatoms. The van der Waals surface area contributed by atoms with Crippen molar-refractivity contribution >= 4 is 11.9 Å². The van der Waals surface area contributed by atoms with Crippen molar-refractivity contribution in [2.24, 2.45) is 5.73 Å². The van der Waals surface area contributed by atoms with Crippen LogP contribution in [0.25, 0.3) is 0 Å². The van der Waals surface area contributed by atoms with E-state index >= 15 is 0 Å². The first-order chi connectivity index (χ1) is 9.17. The molecule has 0 heterocycles. The lowest BCUT2D eigenvalue weighted by molar-refractivity contribution is -0.154. The highest BCUT2D eigenvalue weighted by Crippen LogP contribution is 2.12. The molecular weight excluding hydrogens is 258 g/mol. The molecule has 0 aromatic heterocycles. The van der Waals surface area contributed by atoms with E-state index in [1.54, 1.807) is 24.3 Å². The fourth-order valence-electron chi connectivity index (χ4n) is 1.75. The molecule has 1 rings (SSSR count). The number of carbonyl (C=O) groups is 2. The Kier molecular flexibility index (Phi) is 5.27. The number of rotatable bonds is 5. The summed E-state index contributed by atoms with van der Waals surface area (Å²) >= 11 is 0. The third-order valence-corrected chi connectivity index (χ3v) is 2.53. The second-order valence-corrected chi connectivity index (χ2v) is 5.73. The lowest BCUT2D eigenvalue weighted by Crippen LogP contribution is -2.32. The molecule has 20 heavy (non-hydrogen) atoms. The molecular formula is C15H21NO4. The number of benzene rings is 1. The predicted molar refractivity (Wildman–Crippen MR) is 75.3 cm³/mol. The van der Waals surface area contributed by atoms with Crippen molar-refractivity contribution in [3.63, 3.8) is 0 Å². The summed E-state index contributed by atoms with van der Waals surface area (Å²) in [6.07, 6.45) is 0.394. The molecule has 0 saturated heterocycles. The Morgan fingerprint density at radius 1 is 1.30 bits per heavy atom. The van der Waals surface area contributed by atoms with Gasteiger partial charge in [0, 0.05) is 0 Å². The number of esters is 1. The molecule has 0 radical (unpaired) electrons. The zero-order valence-corrected chi connectivity index (χ0v) is 12.1. The minimum atomic E-state index is -1.04. The molecule has 0 bridgehead atoms. The van der Waals surface area contributed by atoms with Crippen molar-refractivity contribution in [1.82, 2.24) is 0 Å². The first-order valence-electron chi connectivity index (χ1n) is 6.45. The lowest BCUT2D eigenvalue weighted by atomic mass is 10.0. The maximum atomic E-state index is 11.7. The molecule has 1 aromatic carbocycles. The number of carboxylic acids is 1. The highest BCUT2D eigenvalue weighted by molar-refractivity contribution is 5.74. The summed E-state index contributed by atoms with van der Waals surface area (Å²) in [7, 11) is 0. The summed E-state index contributed by atoms with van der Waals surface area (Å²) in [5, 5.41) is 8.79. The smallest absolute Gasteiger partial charge is 0.320 e. The van der Waals surface area contributed by atoms with Gasteiger partial charge in [0.05, 0.1) is 6.42 Å². The molecule has 0 unspecified atom stereocenters. The number of aliphatic carboxylic acids is 1. The summed E-state index contributed by atoms with van der Waals surface area (Å²) in [6.45, 7) is 5.44. The van der Waals surface area contributed by atoms with E-state index in [1.807, 2.05) is 20.8 Å². The highest BCUT2D eigenvalue weighted by atomic mass is 16.6. The fraction of sp³-hybridized carbons (Fsp3) is 0.467. The van der Waals surface area contributed by atoms with Gasteiger partial charge in [-0.3, -0.25) is 9.59 Å². The molecule has 110 valence electrons. The molecule has 0 aliphatic rings. The predicted octanol–water partition coefficient (Wildman–Crippen LogP) is 1.53. The minimum absolute atomic E-state index is 0.160. The number of hydrogen-bond donors (Lipinski definition) is 2. The molecule has 0 aliphatic carbocycles. The Morgan fingerprint density at radius 2 is 1.90 bits per heavy atom. The molecule has 0 saturated carbocycles. The van der Waals surface area contributed by atoms with Crippen LogP contribution in [0.5, 0.6) is 0 Å². The van der Waals surface area contributed by atoms with Crippen molar-refractivity contribution in [1.29, 1.82) is 0 Å². The number of carboxylic acid groups (broad SMARTS) is 1. The van der Waals surface area contributed by atoms with Gasteiger partial charge in [0.15, 0.2) is 0 Å². The van der Waals surface area contributed by atoms with Gasteiger partial charge in [0.25, 0.3) is 0 Å². The lowest BCUT2D eigenvalue weighted by Gasteiger charge is -2.19. The highest BCUT2D eigenvalue weighted by Gasteiger charge is 2.17. The average molecular weight is 279 g/mol. The van der Waals surface area contributed by atoms with Crippen LogP contribution in [0.15, 0.2) is 24.3 Å². The Morgan fingerprint density at radius 3 is 2.45 bits per heavy atom. The van der Waals surface area contributed by atoms with E-state index in [4.69, 9.17) is 15.6 Å². The summed E-state index contributed by atoms with van der Waals surface area (Å²) in [6, 6.07) is 6.23. The monoisotopic (exact) mass is 279 g/mol. The molecule has 0 aliphatic heterocycles. The van der Waals surface area contributed by atoms with Crippen LogP contribution in [-0.2, 0) is 27.2 Å². The van der Waals surface area contributed by atoms with Crippen molar-refractivity contribution in [3.8, 4) is 0 Å². The van der Waals surface area contributed by atoms with Gasteiger partial charge in [0.1, 0.15) is 11.6 Å². The van der Waals surface area contributed by atoms with Crippen LogP contribution >= 0.6 is 0 Å². The van der Waals surface area contributed by atoms with Gasteiger partial charge in [-0.15, -0.1) is 0 Å². The van der Waals surface area contributed by atoms with Gasteiger partial charge in [-0.25, -0.2) is 0 Å². The molecule has 3 N–H and O–H groups in total. The van der Waals surface area contributed by atoms with Crippen LogP contribution in [0.1, 0.15) is 31.9 Å². The Labute approximate surface area is 118 Å². The molecule has 1 atom stereocenters. The van der Waals surface area contributed by atoms with E-state index in [0.717, 1.165) is 11.1 Å².